The second kappa shape index (κ2) is 5.40. The highest BCUT2D eigenvalue weighted by Crippen LogP contribution is 2.33. The van der Waals surface area contributed by atoms with E-state index in [9.17, 15) is 4.79 Å². The number of carbonyl (C=O) groups excluding carboxylic acids is 1. The molecular weight excluding hydrogens is 286 g/mol. The molecule has 1 saturated carbocycles. The monoisotopic (exact) mass is 299 g/mol. The lowest BCUT2D eigenvalue weighted by molar-refractivity contribution is -0.123. The van der Waals surface area contributed by atoms with Gasteiger partial charge >= 0.3 is 0 Å². The average Bonchev–Trinajstić information content (AvgIpc) is 3.11. The van der Waals surface area contributed by atoms with Crippen LogP contribution in [-0.4, -0.2) is 25.7 Å². The number of hydrogen-bond acceptors (Lipinski definition) is 3. The fraction of sp³-hybridized carbons (Fsp3) is 0.417. The summed E-state index contributed by atoms with van der Waals surface area (Å²) in [5.74, 6) is 1.21. The molecule has 0 spiro atoms. The van der Waals surface area contributed by atoms with E-state index >= 15 is 0 Å². The van der Waals surface area contributed by atoms with E-state index < -0.39 is 0 Å². The number of rotatable bonds is 5. The summed E-state index contributed by atoms with van der Waals surface area (Å²) >= 11 is 3.37. The molecule has 0 aliphatic heterocycles. The molecule has 0 bridgehead atoms. The molecule has 0 heterocycles. The Labute approximate surface area is 108 Å². The van der Waals surface area contributed by atoms with Crippen molar-refractivity contribution in [3.8, 4) is 11.5 Å². The van der Waals surface area contributed by atoms with Gasteiger partial charge in [-0.3, -0.25) is 4.79 Å². The minimum absolute atomic E-state index is 0.0300. The van der Waals surface area contributed by atoms with E-state index in [1.165, 1.54) is 0 Å². The molecule has 0 saturated heterocycles. The molecule has 1 aromatic rings. The Bertz CT molecular complexity index is 418. The van der Waals surface area contributed by atoms with Gasteiger partial charge in [0.25, 0.3) is 5.91 Å². The summed E-state index contributed by atoms with van der Waals surface area (Å²) in [6, 6.07) is 5.79. The number of amides is 1. The first kappa shape index (κ1) is 12.2. The van der Waals surface area contributed by atoms with Gasteiger partial charge in [-0.25, -0.2) is 0 Å². The van der Waals surface area contributed by atoms with Gasteiger partial charge in [0.2, 0.25) is 0 Å². The van der Waals surface area contributed by atoms with Crippen molar-refractivity contribution in [2.45, 2.75) is 18.9 Å². The summed E-state index contributed by atoms with van der Waals surface area (Å²) in [7, 11) is 1.59. The third-order valence-electron chi connectivity index (χ3n) is 2.45. The van der Waals surface area contributed by atoms with Crippen molar-refractivity contribution in [2.75, 3.05) is 13.7 Å². The van der Waals surface area contributed by atoms with E-state index in [1.54, 1.807) is 13.2 Å². The fourth-order valence-corrected chi connectivity index (χ4v) is 1.94. The highest BCUT2D eigenvalue weighted by atomic mass is 79.9. The van der Waals surface area contributed by atoms with Crippen molar-refractivity contribution in [1.29, 1.82) is 0 Å². The predicted molar refractivity (Wildman–Crippen MR) is 67.4 cm³/mol. The minimum atomic E-state index is -0.0813. The van der Waals surface area contributed by atoms with Gasteiger partial charge in [0.05, 0.1) is 7.11 Å². The zero-order valence-corrected chi connectivity index (χ0v) is 11.1. The van der Waals surface area contributed by atoms with Gasteiger partial charge in [0.1, 0.15) is 16.0 Å². The number of halogens is 1. The molecule has 1 N–H and O–H groups in total. The summed E-state index contributed by atoms with van der Waals surface area (Å²) in [6.45, 7) is 0.0300. The van der Waals surface area contributed by atoms with E-state index in [0.29, 0.717) is 17.5 Å². The molecule has 2 rings (SSSR count). The van der Waals surface area contributed by atoms with Crippen molar-refractivity contribution in [3.05, 3.63) is 22.7 Å². The number of nitrogens with one attached hydrogen (secondary N) is 1. The zero-order chi connectivity index (χ0) is 12.3. The smallest absolute Gasteiger partial charge is 0.258 e. The Balaban J connectivity index is 1.91. The molecule has 5 heteroatoms. The van der Waals surface area contributed by atoms with Gasteiger partial charge < -0.3 is 14.8 Å². The van der Waals surface area contributed by atoms with E-state index in [-0.39, 0.29) is 12.5 Å². The number of carbonyl (C=O) groups is 1. The topological polar surface area (TPSA) is 47.6 Å². The predicted octanol–water partition coefficient (Wildman–Crippen LogP) is 2.12. The molecule has 1 aliphatic carbocycles. The van der Waals surface area contributed by atoms with E-state index in [0.717, 1.165) is 17.3 Å². The van der Waals surface area contributed by atoms with Crippen LogP contribution in [0.25, 0.3) is 0 Å². The first-order chi connectivity index (χ1) is 8.20. The van der Waals surface area contributed by atoms with Crippen LogP contribution in [0.15, 0.2) is 22.7 Å². The Hall–Kier alpha value is -1.23. The minimum Gasteiger partial charge on any atom is -0.495 e. The van der Waals surface area contributed by atoms with Crippen LogP contribution in [0, 0.1) is 0 Å². The van der Waals surface area contributed by atoms with Crippen LogP contribution in [0.1, 0.15) is 12.8 Å². The SMILES string of the molecule is COc1cccc(OCC(=O)NC2CC2)c1Br. The second-order valence-electron chi connectivity index (χ2n) is 3.90. The molecular formula is C12H14BrNO3. The largest absolute Gasteiger partial charge is 0.495 e. The van der Waals surface area contributed by atoms with Crippen LogP contribution in [0.2, 0.25) is 0 Å². The maximum absolute atomic E-state index is 11.4. The standard InChI is InChI=1S/C12H14BrNO3/c1-16-9-3-2-4-10(12(9)13)17-7-11(15)14-8-5-6-8/h2-4,8H,5-7H2,1H3,(H,14,15). The van der Waals surface area contributed by atoms with Crippen LogP contribution in [0.5, 0.6) is 11.5 Å². The highest BCUT2D eigenvalue weighted by molar-refractivity contribution is 9.10. The number of ether oxygens (including phenoxy) is 2. The van der Waals surface area contributed by atoms with E-state index in [1.807, 2.05) is 12.1 Å². The zero-order valence-electron chi connectivity index (χ0n) is 9.53. The fourth-order valence-electron chi connectivity index (χ4n) is 1.40. The first-order valence-corrected chi connectivity index (χ1v) is 6.24. The summed E-state index contributed by atoms with van der Waals surface area (Å²) in [6.07, 6.45) is 2.16. The van der Waals surface area contributed by atoms with Crippen LogP contribution in [-0.2, 0) is 4.79 Å². The Kier molecular flexibility index (Phi) is 3.89. The van der Waals surface area contributed by atoms with Crippen molar-refractivity contribution in [2.24, 2.45) is 0 Å². The molecule has 1 fully saturated rings. The van der Waals surface area contributed by atoms with Gasteiger partial charge in [-0.05, 0) is 40.9 Å². The van der Waals surface area contributed by atoms with Gasteiger partial charge in [0, 0.05) is 6.04 Å². The molecule has 1 aliphatic rings. The molecule has 0 aromatic heterocycles. The lowest BCUT2D eigenvalue weighted by Crippen LogP contribution is -2.30. The summed E-state index contributed by atoms with van der Waals surface area (Å²) in [5.41, 5.74) is 0. The summed E-state index contributed by atoms with van der Waals surface area (Å²) in [4.78, 5) is 11.4. The van der Waals surface area contributed by atoms with Crippen molar-refractivity contribution in [3.63, 3.8) is 0 Å². The van der Waals surface area contributed by atoms with E-state index in [2.05, 4.69) is 21.2 Å². The second-order valence-corrected chi connectivity index (χ2v) is 4.70. The number of hydrogen-bond donors (Lipinski definition) is 1. The lowest BCUT2D eigenvalue weighted by Gasteiger charge is -2.10. The Morgan fingerprint density at radius 3 is 2.82 bits per heavy atom. The highest BCUT2D eigenvalue weighted by Gasteiger charge is 2.23. The summed E-state index contributed by atoms with van der Waals surface area (Å²) in [5, 5.41) is 2.86. The Morgan fingerprint density at radius 2 is 2.18 bits per heavy atom. The number of benzene rings is 1. The molecule has 1 aromatic carbocycles. The van der Waals surface area contributed by atoms with Crippen LogP contribution in [0.3, 0.4) is 0 Å². The van der Waals surface area contributed by atoms with Gasteiger partial charge in [0.15, 0.2) is 6.61 Å². The molecule has 4 nitrogen and oxygen atoms in total. The normalized spacial score (nSPS) is 14.2. The Morgan fingerprint density at radius 1 is 1.47 bits per heavy atom. The van der Waals surface area contributed by atoms with Crippen LogP contribution in [0.4, 0.5) is 0 Å². The van der Waals surface area contributed by atoms with Crippen molar-refractivity contribution >= 4 is 21.8 Å². The van der Waals surface area contributed by atoms with Crippen molar-refractivity contribution in [1.82, 2.24) is 5.32 Å². The van der Waals surface area contributed by atoms with E-state index in [4.69, 9.17) is 9.47 Å². The molecule has 17 heavy (non-hydrogen) atoms. The van der Waals surface area contributed by atoms with Gasteiger partial charge in [-0.2, -0.15) is 0 Å². The molecule has 0 atom stereocenters. The first-order valence-electron chi connectivity index (χ1n) is 5.45. The van der Waals surface area contributed by atoms with Crippen molar-refractivity contribution < 1.29 is 14.3 Å². The van der Waals surface area contributed by atoms with Gasteiger partial charge in [-0.1, -0.05) is 6.07 Å². The quantitative estimate of drug-likeness (QED) is 0.906. The van der Waals surface area contributed by atoms with Crippen LogP contribution < -0.4 is 14.8 Å². The maximum Gasteiger partial charge on any atom is 0.258 e. The molecule has 92 valence electrons. The number of methoxy groups -OCH3 is 1. The molecule has 0 unspecified atom stereocenters. The maximum atomic E-state index is 11.4. The van der Waals surface area contributed by atoms with Crippen LogP contribution >= 0.6 is 15.9 Å². The third kappa shape index (κ3) is 3.36. The molecule has 1 amide bonds. The average molecular weight is 300 g/mol. The van der Waals surface area contributed by atoms with Gasteiger partial charge in [-0.15, -0.1) is 0 Å². The molecule has 0 radical (unpaired) electrons. The lowest BCUT2D eigenvalue weighted by atomic mass is 10.3. The summed E-state index contributed by atoms with van der Waals surface area (Å²) < 4.78 is 11.3. The third-order valence-corrected chi connectivity index (χ3v) is 3.23.